The van der Waals surface area contributed by atoms with E-state index in [1.807, 2.05) is 0 Å². The van der Waals surface area contributed by atoms with Gasteiger partial charge in [-0.3, -0.25) is 0 Å². The fraction of sp³-hybridized carbons (Fsp3) is 1.00. The molecule has 2 aliphatic heterocycles. The molecule has 3 nitrogen and oxygen atoms in total. The van der Waals surface area contributed by atoms with Crippen LogP contribution in [0.2, 0.25) is 0 Å². The number of nitrogens with zero attached hydrogens (tertiary/aromatic N) is 1. The molecule has 2 aliphatic rings. The average molecular weight is 299 g/mol. The molecule has 110 valence electrons. The van der Waals surface area contributed by atoms with E-state index in [1.54, 1.807) is 0 Å². The normalized spacial score (nSPS) is 26.2. The second-order valence-corrected chi connectivity index (χ2v) is 5.38. The summed E-state index contributed by atoms with van der Waals surface area (Å²) in [5.74, 6) is 1.71. The Morgan fingerprint density at radius 2 is 1.83 bits per heavy atom. The van der Waals surface area contributed by atoms with Crippen molar-refractivity contribution in [3.8, 4) is 0 Å². The second kappa shape index (κ2) is 10.3. The molecule has 0 radical (unpaired) electrons. The molecule has 0 aliphatic carbocycles. The maximum Gasteiger partial charge on any atom is 0.0506 e. The lowest BCUT2D eigenvalue weighted by atomic mass is 9.95. The summed E-state index contributed by atoms with van der Waals surface area (Å²) in [6, 6.07) is 0. The summed E-state index contributed by atoms with van der Waals surface area (Å²) in [6.45, 7) is 7.04. The van der Waals surface area contributed by atoms with Crippen LogP contribution < -0.4 is 5.32 Å². The van der Waals surface area contributed by atoms with Gasteiger partial charge in [0.25, 0.3) is 0 Å². The molecule has 0 aromatic carbocycles. The van der Waals surface area contributed by atoms with Crippen molar-refractivity contribution in [2.24, 2.45) is 11.8 Å². The standard InChI is InChI=1S/C13H26N2O.2ClH/c1-14-9-12-4-6-15(7-5-12)10-13-3-2-8-16-11-13;;/h12-14H,2-11H2,1H3;2*1H. The number of rotatable bonds is 4. The molecule has 2 rings (SSSR count). The third-order valence-corrected chi connectivity index (χ3v) is 3.97. The number of ether oxygens (including phenoxy) is 1. The van der Waals surface area contributed by atoms with Crippen LogP contribution in [0.15, 0.2) is 0 Å². The van der Waals surface area contributed by atoms with E-state index in [2.05, 4.69) is 17.3 Å². The largest absolute Gasteiger partial charge is 0.381 e. The lowest BCUT2D eigenvalue weighted by molar-refractivity contribution is 0.0327. The Morgan fingerprint density at radius 1 is 1.11 bits per heavy atom. The molecule has 2 saturated heterocycles. The minimum absolute atomic E-state index is 0. The Bertz CT molecular complexity index is 193. The third-order valence-electron chi connectivity index (χ3n) is 3.97. The van der Waals surface area contributed by atoms with Crippen molar-refractivity contribution >= 4 is 24.8 Å². The van der Waals surface area contributed by atoms with Gasteiger partial charge in [-0.25, -0.2) is 0 Å². The lowest BCUT2D eigenvalue weighted by Gasteiger charge is -2.35. The van der Waals surface area contributed by atoms with Gasteiger partial charge in [-0.05, 0) is 64.2 Å². The zero-order valence-electron chi connectivity index (χ0n) is 11.4. The van der Waals surface area contributed by atoms with Crippen LogP contribution in [0.3, 0.4) is 0 Å². The maximum absolute atomic E-state index is 5.55. The van der Waals surface area contributed by atoms with E-state index in [-0.39, 0.29) is 24.8 Å². The third kappa shape index (κ3) is 6.07. The van der Waals surface area contributed by atoms with E-state index in [0.717, 1.165) is 25.0 Å². The topological polar surface area (TPSA) is 24.5 Å². The monoisotopic (exact) mass is 298 g/mol. The molecular formula is C13H28Cl2N2O. The van der Waals surface area contributed by atoms with Crippen molar-refractivity contribution in [2.75, 3.05) is 46.4 Å². The first-order valence-corrected chi connectivity index (χ1v) is 6.83. The van der Waals surface area contributed by atoms with Gasteiger partial charge in [0.1, 0.15) is 0 Å². The van der Waals surface area contributed by atoms with Gasteiger partial charge in [-0.1, -0.05) is 0 Å². The minimum atomic E-state index is 0. The van der Waals surface area contributed by atoms with Crippen LogP contribution in [0.5, 0.6) is 0 Å². The number of nitrogens with one attached hydrogen (secondary N) is 1. The van der Waals surface area contributed by atoms with E-state index in [9.17, 15) is 0 Å². The Hall–Kier alpha value is 0.460. The number of hydrogen-bond donors (Lipinski definition) is 1. The van der Waals surface area contributed by atoms with Gasteiger partial charge in [0.05, 0.1) is 6.61 Å². The Labute approximate surface area is 124 Å². The van der Waals surface area contributed by atoms with E-state index in [1.165, 1.54) is 51.9 Å². The molecule has 2 heterocycles. The predicted molar refractivity (Wildman–Crippen MR) is 81.1 cm³/mol. The van der Waals surface area contributed by atoms with Gasteiger partial charge in [0, 0.05) is 13.2 Å². The highest BCUT2D eigenvalue weighted by Gasteiger charge is 2.22. The zero-order chi connectivity index (χ0) is 11.2. The highest BCUT2D eigenvalue weighted by atomic mass is 35.5. The van der Waals surface area contributed by atoms with Crippen molar-refractivity contribution in [2.45, 2.75) is 25.7 Å². The lowest BCUT2D eigenvalue weighted by Crippen LogP contribution is -2.40. The quantitative estimate of drug-likeness (QED) is 0.861. The van der Waals surface area contributed by atoms with Crippen molar-refractivity contribution in [3.63, 3.8) is 0 Å². The molecular weight excluding hydrogens is 271 g/mol. The van der Waals surface area contributed by atoms with Crippen LogP contribution >= 0.6 is 24.8 Å². The summed E-state index contributed by atoms with van der Waals surface area (Å²) in [5.41, 5.74) is 0. The molecule has 1 atom stereocenters. The molecule has 1 N–H and O–H groups in total. The molecule has 0 aromatic heterocycles. The van der Waals surface area contributed by atoms with Crippen molar-refractivity contribution in [1.82, 2.24) is 10.2 Å². The average Bonchev–Trinajstić information content (AvgIpc) is 2.33. The number of likely N-dealkylation sites (tertiary alicyclic amines) is 1. The Balaban J connectivity index is 0.00000144. The molecule has 0 saturated carbocycles. The van der Waals surface area contributed by atoms with Gasteiger partial charge in [0.15, 0.2) is 0 Å². The van der Waals surface area contributed by atoms with Gasteiger partial charge >= 0.3 is 0 Å². The molecule has 2 fully saturated rings. The number of piperidine rings is 1. The summed E-state index contributed by atoms with van der Waals surface area (Å²) in [5, 5.41) is 3.30. The molecule has 0 spiro atoms. The van der Waals surface area contributed by atoms with E-state index in [0.29, 0.717) is 0 Å². The van der Waals surface area contributed by atoms with Crippen LogP contribution in [0, 0.1) is 11.8 Å². The van der Waals surface area contributed by atoms with Crippen molar-refractivity contribution in [3.05, 3.63) is 0 Å². The van der Waals surface area contributed by atoms with Crippen LogP contribution in [-0.2, 0) is 4.74 Å². The Kier molecular flexibility index (Phi) is 10.5. The summed E-state index contributed by atoms with van der Waals surface area (Å²) in [4.78, 5) is 2.64. The predicted octanol–water partition coefficient (Wildman–Crippen LogP) is 2.19. The highest BCUT2D eigenvalue weighted by molar-refractivity contribution is 5.85. The zero-order valence-corrected chi connectivity index (χ0v) is 13.0. The van der Waals surface area contributed by atoms with Crippen LogP contribution in [0.25, 0.3) is 0 Å². The van der Waals surface area contributed by atoms with Gasteiger partial charge in [-0.2, -0.15) is 0 Å². The molecule has 0 bridgehead atoms. The van der Waals surface area contributed by atoms with E-state index in [4.69, 9.17) is 4.74 Å². The summed E-state index contributed by atoms with van der Waals surface area (Å²) in [6.07, 6.45) is 5.38. The fourth-order valence-electron chi connectivity index (χ4n) is 2.98. The summed E-state index contributed by atoms with van der Waals surface area (Å²) >= 11 is 0. The minimum Gasteiger partial charge on any atom is -0.381 e. The van der Waals surface area contributed by atoms with Crippen LogP contribution in [0.1, 0.15) is 25.7 Å². The molecule has 0 amide bonds. The first kappa shape index (κ1) is 18.5. The smallest absolute Gasteiger partial charge is 0.0506 e. The van der Waals surface area contributed by atoms with E-state index < -0.39 is 0 Å². The van der Waals surface area contributed by atoms with Gasteiger partial charge in [0.2, 0.25) is 0 Å². The maximum atomic E-state index is 5.55. The van der Waals surface area contributed by atoms with Gasteiger partial charge in [-0.15, -0.1) is 24.8 Å². The van der Waals surface area contributed by atoms with Gasteiger partial charge < -0.3 is 15.0 Å². The number of hydrogen-bond acceptors (Lipinski definition) is 3. The SMILES string of the molecule is CNCC1CCN(CC2CCCOC2)CC1.Cl.Cl. The van der Waals surface area contributed by atoms with Crippen LogP contribution in [0.4, 0.5) is 0 Å². The van der Waals surface area contributed by atoms with Crippen molar-refractivity contribution < 1.29 is 4.74 Å². The first-order chi connectivity index (χ1) is 7.88. The van der Waals surface area contributed by atoms with Crippen molar-refractivity contribution in [1.29, 1.82) is 0 Å². The molecule has 18 heavy (non-hydrogen) atoms. The number of halogens is 2. The van der Waals surface area contributed by atoms with Crippen LogP contribution in [-0.4, -0.2) is 51.3 Å². The fourth-order valence-corrected chi connectivity index (χ4v) is 2.98. The first-order valence-electron chi connectivity index (χ1n) is 6.83. The summed E-state index contributed by atoms with van der Waals surface area (Å²) in [7, 11) is 2.06. The van der Waals surface area contributed by atoms with E-state index >= 15 is 0 Å². The molecule has 0 aromatic rings. The Morgan fingerprint density at radius 3 is 2.39 bits per heavy atom. The molecule has 5 heteroatoms. The second-order valence-electron chi connectivity index (χ2n) is 5.38. The summed E-state index contributed by atoms with van der Waals surface area (Å²) < 4.78 is 5.55. The molecule has 1 unspecified atom stereocenters. The highest BCUT2D eigenvalue weighted by Crippen LogP contribution is 2.20.